The highest BCUT2D eigenvalue weighted by Crippen LogP contribution is 2.63. The van der Waals surface area contributed by atoms with E-state index in [1.54, 1.807) is 0 Å². The average molecular weight is 152 g/mol. The fraction of sp³-hybridized carbons (Fsp3) is 1.00. The minimum absolute atomic E-state index is 0.678. The van der Waals surface area contributed by atoms with Crippen LogP contribution in [0.25, 0.3) is 0 Å². The van der Waals surface area contributed by atoms with Crippen LogP contribution in [0.2, 0.25) is 0 Å². The van der Waals surface area contributed by atoms with Gasteiger partial charge in [0.05, 0.1) is 0 Å². The van der Waals surface area contributed by atoms with Crippen LogP contribution in [0.4, 0.5) is 0 Å². The minimum atomic E-state index is 0.678. The molecule has 3 saturated carbocycles. The molecule has 0 nitrogen and oxygen atoms in total. The van der Waals surface area contributed by atoms with Crippen molar-refractivity contribution in [1.82, 2.24) is 0 Å². The Morgan fingerprint density at radius 2 is 1.36 bits per heavy atom. The van der Waals surface area contributed by atoms with Crippen LogP contribution in [-0.2, 0) is 0 Å². The van der Waals surface area contributed by atoms with Gasteiger partial charge in [-0.15, -0.1) is 0 Å². The summed E-state index contributed by atoms with van der Waals surface area (Å²) >= 11 is 0. The molecular formula is C11H20. The Balaban J connectivity index is 2.20. The zero-order valence-electron chi connectivity index (χ0n) is 8.22. The Kier molecular flexibility index (Phi) is 1.41. The highest BCUT2D eigenvalue weighted by Gasteiger charge is 2.55. The lowest BCUT2D eigenvalue weighted by molar-refractivity contribution is -0.131. The molecule has 0 aliphatic heterocycles. The van der Waals surface area contributed by atoms with Crippen LogP contribution < -0.4 is 0 Å². The van der Waals surface area contributed by atoms with Gasteiger partial charge in [0, 0.05) is 0 Å². The molecule has 0 N–H and O–H groups in total. The van der Waals surface area contributed by atoms with Gasteiger partial charge in [-0.1, -0.05) is 27.7 Å². The maximum Gasteiger partial charge on any atom is -0.0292 e. The average Bonchev–Trinajstić information content (AvgIpc) is 1.84. The molecule has 0 amide bonds. The predicted molar refractivity (Wildman–Crippen MR) is 48.3 cm³/mol. The van der Waals surface area contributed by atoms with Gasteiger partial charge in [-0.25, -0.2) is 0 Å². The fourth-order valence-corrected chi connectivity index (χ4v) is 3.84. The summed E-state index contributed by atoms with van der Waals surface area (Å²) < 4.78 is 0. The summed E-state index contributed by atoms with van der Waals surface area (Å²) in [6.45, 7) is 9.83. The highest BCUT2D eigenvalue weighted by molar-refractivity contribution is 5.04. The molecule has 0 aromatic heterocycles. The Labute approximate surface area is 70.4 Å². The van der Waals surface area contributed by atoms with Gasteiger partial charge in [0.25, 0.3) is 0 Å². The fourth-order valence-electron chi connectivity index (χ4n) is 3.84. The first kappa shape index (κ1) is 7.64. The van der Waals surface area contributed by atoms with Crippen molar-refractivity contribution in [2.45, 2.75) is 40.5 Å². The van der Waals surface area contributed by atoms with E-state index in [0.29, 0.717) is 5.41 Å². The lowest BCUT2D eigenvalue weighted by Crippen LogP contribution is -2.55. The molecule has 3 fully saturated rings. The number of hydrogen-bond donors (Lipinski definition) is 0. The summed E-state index contributed by atoms with van der Waals surface area (Å²) in [5.41, 5.74) is 0.678. The minimum Gasteiger partial charge on any atom is -0.0622 e. The van der Waals surface area contributed by atoms with Crippen molar-refractivity contribution in [3.63, 3.8) is 0 Å². The van der Waals surface area contributed by atoms with E-state index in [-0.39, 0.29) is 0 Å². The molecule has 3 aliphatic rings. The molecule has 3 aliphatic carbocycles. The molecule has 0 aromatic rings. The molecule has 0 heteroatoms. The third kappa shape index (κ3) is 0.816. The van der Waals surface area contributed by atoms with Gasteiger partial charge in [0.15, 0.2) is 0 Å². The third-order valence-electron chi connectivity index (χ3n) is 4.54. The summed E-state index contributed by atoms with van der Waals surface area (Å²) in [5.74, 6) is 4.07. The summed E-state index contributed by atoms with van der Waals surface area (Å²) in [6.07, 6.45) is 3.01. The van der Waals surface area contributed by atoms with Gasteiger partial charge in [-0.3, -0.25) is 0 Å². The van der Waals surface area contributed by atoms with Crippen molar-refractivity contribution in [2.24, 2.45) is 29.1 Å². The first-order valence-electron chi connectivity index (χ1n) is 5.03. The Bertz CT molecular complexity index is 153. The molecule has 0 saturated heterocycles. The molecule has 11 heavy (non-hydrogen) atoms. The maximum absolute atomic E-state index is 2.47. The van der Waals surface area contributed by atoms with Crippen LogP contribution >= 0.6 is 0 Å². The van der Waals surface area contributed by atoms with Gasteiger partial charge in [0.2, 0.25) is 0 Å². The zero-order valence-corrected chi connectivity index (χ0v) is 8.22. The normalized spacial score (nSPS) is 53.5. The molecule has 3 rings (SSSR count). The summed E-state index contributed by atoms with van der Waals surface area (Å²) in [6, 6.07) is 0. The highest BCUT2D eigenvalue weighted by atomic mass is 14.6. The van der Waals surface area contributed by atoms with Crippen LogP contribution in [0.5, 0.6) is 0 Å². The monoisotopic (exact) mass is 152 g/mol. The number of rotatable bonds is 0. The molecular weight excluding hydrogens is 132 g/mol. The lowest BCUT2D eigenvalue weighted by Gasteiger charge is -2.62. The first-order valence-corrected chi connectivity index (χ1v) is 5.03. The molecule has 4 unspecified atom stereocenters. The summed E-state index contributed by atoms with van der Waals surface area (Å²) in [5, 5.41) is 0. The van der Waals surface area contributed by atoms with E-state index in [9.17, 15) is 0 Å². The van der Waals surface area contributed by atoms with Gasteiger partial charge in [0.1, 0.15) is 0 Å². The molecule has 0 spiro atoms. The molecule has 0 radical (unpaired) electrons. The van der Waals surface area contributed by atoms with Crippen molar-refractivity contribution in [2.75, 3.05) is 0 Å². The smallest absolute Gasteiger partial charge is 0.0292 e. The third-order valence-corrected chi connectivity index (χ3v) is 4.54. The van der Waals surface area contributed by atoms with Gasteiger partial charge in [-0.05, 0) is 41.9 Å². The van der Waals surface area contributed by atoms with Crippen LogP contribution in [-0.4, -0.2) is 0 Å². The molecule has 0 aromatic carbocycles. The molecule has 64 valence electrons. The van der Waals surface area contributed by atoms with Gasteiger partial charge in [-0.2, -0.15) is 0 Å². The van der Waals surface area contributed by atoms with Crippen molar-refractivity contribution in [3.05, 3.63) is 0 Å². The van der Waals surface area contributed by atoms with E-state index < -0.39 is 0 Å². The molecule has 2 bridgehead atoms. The van der Waals surface area contributed by atoms with Crippen molar-refractivity contribution >= 4 is 0 Å². The molecule has 0 heterocycles. The van der Waals surface area contributed by atoms with Crippen LogP contribution in [0.1, 0.15) is 40.5 Å². The van der Waals surface area contributed by atoms with Crippen molar-refractivity contribution in [3.8, 4) is 0 Å². The zero-order chi connectivity index (χ0) is 8.22. The molecule has 4 atom stereocenters. The summed E-state index contributed by atoms with van der Waals surface area (Å²) in [7, 11) is 0. The van der Waals surface area contributed by atoms with E-state index in [4.69, 9.17) is 0 Å². The van der Waals surface area contributed by atoms with Crippen LogP contribution in [0, 0.1) is 29.1 Å². The Hall–Kier alpha value is 0. The van der Waals surface area contributed by atoms with Gasteiger partial charge >= 0.3 is 0 Å². The second kappa shape index (κ2) is 2.02. The predicted octanol–water partition coefficient (Wildman–Crippen LogP) is 3.32. The van der Waals surface area contributed by atoms with Crippen molar-refractivity contribution < 1.29 is 0 Å². The second-order valence-electron chi connectivity index (χ2n) is 5.46. The van der Waals surface area contributed by atoms with E-state index in [0.717, 1.165) is 23.7 Å². The topological polar surface area (TPSA) is 0 Å². The van der Waals surface area contributed by atoms with Crippen LogP contribution in [0.15, 0.2) is 0 Å². The quantitative estimate of drug-likeness (QED) is 0.499. The standard InChI is InChI=1S/C11H20/c1-7-5-8(2)10-6-9(7)11(10,3)4/h7-10H,5-6H2,1-4H3. The van der Waals surface area contributed by atoms with Crippen LogP contribution in [0.3, 0.4) is 0 Å². The van der Waals surface area contributed by atoms with E-state index >= 15 is 0 Å². The van der Waals surface area contributed by atoms with Crippen molar-refractivity contribution in [1.29, 1.82) is 0 Å². The van der Waals surface area contributed by atoms with E-state index in [1.165, 1.54) is 12.8 Å². The Morgan fingerprint density at radius 3 is 1.64 bits per heavy atom. The number of fused-ring (bicyclic) bond motifs is 2. The lowest BCUT2D eigenvalue weighted by atomic mass is 9.43. The second-order valence-corrected chi connectivity index (χ2v) is 5.46. The first-order chi connectivity index (χ1) is 5.03. The summed E-state index contributed by atoms with van der Waals surface area (Å²) in [4.78, 5) is 0. The Morgan fingerprint density at radius 1 is 0.909 bits per heavy atom. The largest absolute Gasteiger partial charge is 0.0622 e. The maximum atomic E-state index is 2.47. The number of hydrogen-bond acceptors (Lipinski definition) is 0. The van der Waals surface area contributed by atoms with Gasteiger partial charge < -0.3 is 0 Å². The SMILES string of the molecule is CC1CC(C)C2CC1C2(C)C. The van der Waals surface area contributed by atoms with E-state index in [1.807, 2.05) is 0 Å². The van der Waals surface area contributed by atoms with E-state index in [2.05, 4.69) is 27.7 Å².